The predicted molar refractivity (Wildman–Crippen MR) is 120 cm³/mol. The van der Waals surface area contributed by atoms with Crippen LogP contribution < -0.4 is 19.5 Å². The quantitative estimate of drug-likeness (QED) is 0.495. The predicted octanol–water partition coefficient (Wildman–Crippen LogP) is 4.21. The molecule has 0 spiro atoms. The molecular formula is C24H29N3O4. The number of aromatic nitrogens is 2. The Balaban J connectivity index is 1.75. The number of carbonyl (C=O) groups is 1. The monoisotopic (exact) mass is 423 g/mol. The van der Waals surface area contributed by atoms with E-state index in [0.717, 1.165) is 24.0 Å². The molecule has 0 saturated carbocycles. The van der Waals surface area contributed by atoms with E-state index < -0.39 is 0 Å². The molecule has 0 atom stereocenters. The minimum Gasteiger partial charge on any atom is -0.496 e. The first-order valence-electron chi connectivity index (χ1n) is 10.3. The number of methoxy groups -OCH3 is 2. The van der Waals surface area contributed by atoms with Crippen LogP contribution in [-0.2, 0) is 13.6 Å². The number of amides is 1. The largest absolute Gasteiger partial charge is 0.496 e. The molecule has 0 unspecified atom stereocenters. The molecule has 1 amide bonds. The summed E-state index contributed by atoms with van der Waals surface area (Å²) in [5.74, 6) is 1.81. The van der Waals surface area contributed by atoms with Crippen molar-refractivity contribution in [3.8, 4) is 28.5 Å². The number of para-hydroxylation sites is 1. The second kappa shape index (κ2) is 10.5. The Bertz CT molecular complexity index is 1030. The van der Waals surface area contributed by atoms with E-state index in [9.17, 15) is 4.79 Å². The molecule has 3 aromatic rings. The van der Waals surface area contributed by atoms with E-state index in [1.807, 2.05) is 42.5 Å². The van der Waals surface area contributed by atoms with Crippen molar-refractivity contribution in [1.82, 2.24) is 15.1 Å². The van der Waals surface area contributed by atoms with Crippen LogP contribution in [0.1, 0.15) is 35.7 Å². The Kier molecular flexibility index (Phi) is 7.54. The molecule has 3 rings (SSSR count). The van der Waals surface area contributed by atoms with Gasteiger partial charge in [0.2, 0.25) is 0 Å². The van der Waals surface area contributed by atoms with E-state index >= 15 is 0 Å². The van der Waals surface area contributed by atoms with Crippen LogP contribution in [0, 0.1) is 0 Å². The molecule has 164 valence electrons. The number of aryl methyl sites for hydroxylation is 1. The van der Waals surface area contributed by atoms with Gasteiger partial charge >= 0.3 is 0 Å². The molecule has 1 N–H and O–H groups in total. The Morgan fingerprint density at radius 2 is 1.84 bits per heavy atom. The second-order valence-electron chi connectivity index (χ2n) is 7.14. The van der Waals surface area contributed by atoms with Gasteiger partial charge in [0.1, 0.15) is 11.4 Å². The van der Waals surface area contributed by atoms with Crippen LogP contribution in [0.3, 0.4) is 0 Å². The SMILES string of the molecule is CCCCOc1ccc(CNC(=O)c2cn(C)nc2-c2ccccc2OC)cc1OC. The summed E-state index contributed by atoms with van der Waals surface area (Å²) >= 11 is 0. The van der Waals surface area contributed by atoms with Gasteiger partial charge in [0, 0.05) is 25.4 Å². The minimum absolute atomic E-state index is 0.212. The summed E-state index contributed by atoms with van der Waals surface area (Å²) in [6.07, 6.45) is 3.76. The highest BCUT2D eigenvalue weighted by Crippen LogP contribution is 2.31. The molecular weight excluding hydrogens is 394 g/mol. The zero-order valence-corrected chi connectivity index (χ0v) is 18.5. The number of nitrogens with zero attached hydrogens (tertiary/aromatic N) is 2. The number of hydrogen-bond acceptors (Lipinski definition) is 5. The fourth-order valence-electron chi connectivity index (χ4n) is 3.24. The maximum absolute atomic E-state index is 13.0. The highest BCUT2D eigenvalue weighted by atomic mass is 16.5. The molecule has 1 aromatic heterocycles. The topological polar surface area (TPSA) is 74.6 Å². The summed E-state index contributed by atoms with van der Waals surface area (Å²) in [5, 5.41) is 7.45. The number of ether oxygens (including phenoxy) is 3. The van der Waals surface area contributed by atoms with Crippen molar-refractivity contribution in [2.45, 2.75) is 26.3 Å². The Morgan fingerprint density at radius 1 is 1.06 bits per heavy atom. The summed E-state index contributed by atoms with van der Waals surface area (Å²) in [5.41, 5.74) is 2.75. The number of hydrogen-bond donors (Lipinski definition) is 1. The lowest BCUT2D eigenvalue weighted by atomic mass is 10.1. The number of unbranched alkanes of at least 4 members (excludes halogenated alkanes) is 1. The molecule has 7 nitrogen and oxygen atoms in total. The van der Waals surface area contributed by atoms with Crippen molar-refractivity contribution < 1.29 is 19.0 Å². The standard InChI is InChI=1S/C24H29N3O4/c1-5-6-13-31-21-12-11-17(14-22(21)30-4)15-25-24(28)19-16-27(2)26-23(19)18-9-7-8-10-20(18)29-3/h7-12,14,16H,5-6,13,15H2,1-4H3,(H,25,28). The van der Waals surface area contributed by atoms with Gasteiger partial charge in [-0.1, -0.05) is 31.5 Å². The zero-order valence-electron chi connectivity index (χ0n) is 18.5. The summed E-state index contributed by atoms with van der Waals surface area (Å²) in [4.78, 5) is 13.0. The van der Waals surface area contributed by atoms with Crippen molar-refractivity contribution >= 4 is 5.91 Å². The first kappa shape index (κ1) is 22.2. The normalized spacial score (nSPS) is 10.6. The fraction of sp³-hybridized carbons (Fsp3) is 0.333. The average Bonchev–Trinajstić information content (AvgIpc) is 3.19. The van der Waals surface area contributed by atoms with E-state index in [-0.39, 0.29) is 5.91 Å². The van der Waals surface area contributed by atoms with Crippen LogP contribution >= 0.6 is 0 Å². The highest BCUT2D eigenvalue weighted by Gasteiger charge is 2.19. The van der Waals surface area contributed by atoms with Crippen LogP contribution in [0.4, 0.5) is 0 Å². The minimum atomic E-state index is -0.212. The Labute approximate surface area is 182 Å². The van der Waals surface area contributed by atoms with Crippen molar-refractivity contribution in [2.75, 3.05) is 20.8 Å². The summed E-state index contributed by atoms with van der Waals surface area (Å²) < 4.78 is 18.3. The second-order valence-corrected chi connectivity index (χ2v) is 7.14. The van der Waals surface area contributed by atoms with E-state index in [0.29, 0.717) is 41.7 Å². The molecule has 0 aliphatic carbocycles. The number of nitrogens with one attached hydrogen (secondary N) is 1. The lowest BCUT2D eigenvalue weighted by Gasteiger charge is -2.12. The molecule has 0 fully saturated rings. The highest BCUT2D eigenvalue weighted by molar-refractivity contribution is 6.00. The summed E-state index contributed by atoms with van der Waals surface area (Å²) in [7, 11) is 5.00. The Morgan fingerprint density at radius 3 is 2.58 bits per heavy atom. The molecule has 1 heterocycles. The van der Waals surface area contributed by atoms with E-state index in [1.54, 1.807) is 32.1 Å². The summed E-state index contributed by atoms with van der Waals surface area (Å²) in [6.45, 7) is 3.12. The molecule has 0 bridgehead atoms. The van der Waals surface area contributed by atoms with Gasteiger partial charge in [-0.3, -0.25) is 9.48 Å². The van der Waals surface area contributed by atoms with Gasteiger partial charge in [-0.05, 0) is 36.2 Å². The maximum Gasteiger partial charge on any atom is 0.255 e. The van der Waals surface area contributed by atoms with Crippen LogP contribution in [0.2, 0.25) is 0 Å². The van der Waals surface area contributed by atoms with Crippen molar-refractivity contribution in [3.63, 3.8) is 0 Å². The lowest BCUT2D eigenvalue weighted by Crippen LogP contribution is -2.23. The van der Waals surface area contributed by atoms with Gasteiger partial charge in [-0.2, -0.15) is 5.10 Å². The van der Waals surface area contributed by atoms with Crippen LogP contribution in [-0.4, -0.2) is 36.5 Å². The third kappa shape index (κ3) is 5.36. The molecule has 0 aliphatic heterocycles. The first-order valence-corrected chi connectivity index (χ1v) is 10.3. The number of benzene rings is 2. The smallest absolute Gasteiger partial charge is 0.255 e. The first-order chi connectivity index (χ1) is 15.1. The summed E-state index contributed by atoms with van der Waals surface area (Å²) in [6, 6.07) is 13.2. The molecule has 7 heteroatoms. The van der Waals surface area contributed by atoms with E-state index in [4.69, 9.17) is 14.2 Å². The van der Waals surface area contributed by atoms with Gasteiger partial charge in [-0.25, -0.2) is 0 Å². The maximum atomic E-state index is 13.0. The molecule has 0 saturated heterocycles. The van der Waals surface area contributed by atoms with Gasteiger partial charge in [-0.15, -0.1) is 0 Å². The molecule has 2 aromatic carbocycles. The van der Waals surface area contributed by atoms with Gasteiger partial charge in [0.25, 0.3) is 5.91 Å². The molecule has 31 heavy (non-hydrogen) atoms. The van der Waals surface area contributed by atoms with Crippen molar-refractivity contribution in [3.05, 3.63) is 59.8 Å². The van der Waals surface area contributed by atoms with Gasteiger partial charge < -0.3 is 19.5 Å². The molecule has 0 aliphatic rings. The fourth-order valence-corrected chi connectivity index (χ4v) is 3.24. The average molecular weight is 424 g/mol. The molecule has 0 radical (unpaired) electrons. The van der Waals surface area contributed by atoms with Gasteiger partial charge in [0.05, 0.1) is 26.4 Å². The number of carbonyl (C=O) groups excluding carboxylic acids is 1. The van der Waals surface area contributed by atoms with Crippen LogP contribution in [0.15, 0.2) is 48.7 Å². The number of rotatable bonds is 10. The third-order valence-corrected chi connectivity index (χ3v) is 4.87. The van der Waals surface area contributed by atoms with E-state index in [2.05, 4.69) is 17.3 Å². The Hall–Kier alpha value is -3.48. The zero-order chi connectivity index (χ0) is 22.2. The van der Waals surface area contributed by atoms with Gasteiger partial charge in [0.15, 0.2) is 11.5 Å². The lowest BCUT2D eigenvalue weighted by molar-refractivity contribution is 0.0951. The van der Waals surface area contributed by atoms with E-state index in [1.165, 1.54) is 0 Å². The van der Waals surface area contributed by atoms with Crippen molar-refractivity contribution in [1.29, 1.82) is 0 Å². The van der Waals surface area contributed by atoms with Crippen molar-refractivity contribution in [2.24, 2.45) is 7.05 Å². The van der Waals surface area contributed by atoms with Crippen LogP contribution in [0.25, 0.3) is 11.3 Å². The van der Waals surface area contributed by atoms with Crippen LogP contribution in [0.5, 0.6) is 17.2 Å². The third-order valence-electron chi connectivity index (χ3n) is 4.87.